The van der Waals surface area contributed by atoms with E-state index in [1.807, 2.05) is 0 Å². The molecule has 1 saturated heterocycles. The molecule has 0 amide bonds. The van der Waals surface area contributed by atoms with Gasteiger partial charge in [0.1, 0.15) is 0 Å². The number of hydrogen-bond donors (Lipinski definition) is 1. The zero-order chi connectivity index (χ0) is 9.19. The first-order valence-corrected chi connectivity index (χ1v) is 4.70. The second-order valence-corrected chi connectivity index (χ2v) is 3.58. The van der Waals surface area contributed by atoms with Gasteiger partial charge in [-0.1, -0.05) is 6.92 Å². The highest BCUT2D eigenvalue weighted by atomic mass is 16.5. The van der Waals surface area contributed by atoms with E-state index in [0.717, 1.165) is 19.6 Å². The molecule has 1 aliphatic rings. The topological polar surface area (TPSA) is 38.5 Å². The zero-order valence-electron chi connectivity index (χ0n) is 8.34. The Hall–Kier alpha value is -0.120. The molecule has 3 heteroatoms. The van der Waals surface area contributed by atoms with E-state index in [0.29, 0.717) is 6.54 Å². The Balaban J connectivity index is 2.73. The second-order valence-electron chi connectivity index (χ2n) is 3.58. The number of ether oxygens (including phenoxy) is 1. The predicted molar refractivity (Wildman–Crippen MR) is 50.1 cm³/mol. The van der Waals surface area contributed by atoms with Crippen molar-refractivity contribution in [3.05, 3.63) is 0 Å². The predicted octanol–water partition coefficient (Wildman–Crippen LogP) is 0.444. The normalized spacial score (nSPS) is 36.2. The number of nitrogens with two attached hydrogens (primary N) is 1. The van der Waals surface area contributed by atoms with Gasteiger partial charge in [0, 0.05) is 13.2 Å². The standard InChI is InChI=1S/C9H20N2O/c1-4-11(3)9(7-10)5-6-12-8(9)2/h8H,4-7,10H2,1-3H3. The van der Waals surface area contributed by atoms with Gasteiger partial charge < -0.3 is 10.5 Å². The SMILES string of the molecule is CCN(C)C1(CN)CCOC1C. The fraction of sp³-hybridized carbons (Fsp3) is 1.00. The third-order valence-corrected chi connectivity index (χ3v) is 3.25. The van der Waals surface area contributed by atoms with Crippen LogP contribution in [0.25, 0.3) is 0 Å². The van der Waals surface area contributed by atoms with Crippen LogP contribution >= 0.6 is 0 Å². The second kappa shape index (κ2) is 3.73. The minimum atomic E-state index is 0.0920. The van der Waals surface area contributed by atoms with Crippen molar-refractivity contribution in [1.82, 2.24) is 4.90 Å². The molecule has 1 rings (SSSR count). The first kappa shape index (κ1) is 9.96. The molecule has 72 valence electrons. The lowest BCUT2D eigenvalue weighted by atomic mass is 9.90. The molecule has 1 fully saturated rings. The van der Waals surface area contributed by atoms with Crippen LogP contribution in [0.3, 0.4) is 0 Å². The van der Waals surface area contributed by atoms with Crippen molar-refractivity contribution in [3.8, 4) is 0 Å². The summed E-state index contributed by atoms with van der Waals surface area (Å²) in [5.74, 6) is 0. The van der Waals surface area contributed by atoms with Crippen LogP contribution in [0.2, 0.25) is 0 Å². The minimum Gasteiger partial charge on any atom is -0.376 e. The van der Waals surface area contributed by atoms with Crippen molar-refractivity contribution in [1.29, 1.82) is 0 Å². The highest BCUT2D eigenvalue weighted by Crippen LogP contribution is 2.29. The van der Waals surface area contributed by atoms with Crippen molar-refractivity contribution >= 4 is 0 Å². The van der Waals surface area contributed by atoms with Crippen LogP contribution in [-0.4, -0.2) is 43.3 Å². The lowest BCUT2D eigenvalue weighted by Crippen LogP contribution is -2.56. The van der Waals surface area contributed by atoms with Gasteiger partial charge in [-0.15, -0.1) is 0 Å². The lowest BCUT2D eigenvalue weighted by Gasteiger charge is -2.39. The summed E-state index contributed by atoms with van der Waals surface area (Å²) in [6.45, 7) is 6.85. The van der Waals surface area contributed by atoms with Crippen LogP contribution in [0.5, 0.6) is 0 Å². The fourth-order valence-corrected chi connectivity index (χ4v) is 2.01. The third-order valence-electron chi connectivity index (χ3n) is 3.25. The van der Waals surface area contributed by atoms with Gasteiger partial charge in [0.15, 0.2) is 0 Å². The Morgan fingerprint density at radius 1 is 1.67 bits per heavy atom. The molecule has 0 saturated carbocycles. The molecule has 12 heavy (non-hydrogen) atoms. The van der Waals surface area contributed by atoms with Crippen molar-refractivity contribution in [3.63, 3.8) is 0 Å². The van der Waals surface area contributed by atoms with E-state index in [1.165, 1.54) is 0 Å². The number of hydrogen-bond acceptors (Lipinski definition) is 3. The van der Waals surface area contributed by atoms with Gasteiger partial charge in [-0.05, 0) is 26.9 Å². The van der Waals surface area contributed by atoms with Crippen LogP contribution in [0.1, 0.15) is 20.3 Å². The van der Waals surface area contributed by atoms with Gasteiger partial charge in [0.05, 0.1) is 11.6 Å². The number of likely N-dealkylation sites (N-methyl/N-ethyl adjacent to an activating group) is 1. The summed E-state index contributed by atoms with van der Waals surface area (Å²) >= 11 is 0. The van der Waals surface area contributed by atoms with Crippen LogP contribution < -0.4 is 5.73 Å². The summed E-state index contributed by atoms with van der Waals surface area (Å²) in [7, 11) is 2.12. The van der Waals surface area contributed by atoms with Crippen LogP contribution in [-0.2, 0) is 4.74 Å². The Morgan fingerprint density at radius 3 is 2.67 bits per heavy atom. The van der Waals surface area contributed by atoms with Crippen molar-refractivity contribution in [2.75, 3.05) is 26.7 Å². The summed E-state index contributed by atoms with van der Waals surface area (Å²) in [6, 6.07) is 0. The highest BCUT2D eigenvalue weighted by molar-refractivity contribution is 4.98. The Labute approximate surface area is 74.9 Å². The van der Waals surface area contributed by atoms with E-state index in [9.17, 15) is 0 Å². The van der Waals surface area contributed by atoms with Gasteiger partial charge >= 0.3 is 0 Å². The summed E-state index contributed by atoms with van der Waals surface area (Å²) in [5.41, 5.74) is 5.91. The first-order valence-electron chi connectivity index (χ1n) is 4.70. The largest absolute Gasteiger partial charge is 0.376 e. The average Bonchev–Trinajstić information content (AvgIpc) is 2.46. The molecule has 0 bridgehead atoms. The first-order chi connectivity index (χ1) is 5.67. The lowest BCUT2D eigenvalue weighted by molar-refractivity contribution is 0.0310. The summed E-state index contributed by atoms with van der Waals surface area (Å²) in [5, 5.41) is 0. The molecule has 0 radical (unpaired) electrons. The van der Waals surface area contributed by atoms with E-state index >= 15 is 0 Å². The van der Waals surface area contributed by atoms with Crippen molar-refractivity contribution in [2.24, 2.45) is 5.73 Å². The maximum atomic E-state index is 5.81. The molecule has 2 atom stereocenters. The summed E-state index contributed by atoms with van der Waals surface area (Å²) in [6.07, 6.45) is 1.34. The molecular formula is C9H20N2O. The Morgan fingerprint density at radius 2 is 2.33 bits per heavy atom. The maximum Gasteiger partial charge on any atom is 0.0743 e. The van der Waals surface area contributed by atoms with Crippen LogP contribution in [0, 0.1) is 0 Å². The smallest absolute Gasteiger partial charge is 0.0743 e. The minimum absolute atomic E-state index is 0.0920. The Kier molecular flexibility index (Phi) is 3.09. The average molecular weight is 172 g/mol. The molecule has 0 aromatic heterocycles. The molecule has 3 nitrogen and oxygen atoms in total. The van der Waals surface area contributed by atoms with E-state index in [2.05, 4.69) is 25.8 Å². The number of rotatable bonds is 3. The van der Waals surface area contributed by atoms with Gasteiger partial charge in [-0.2, -0.15) is 0 Å². The molecule has 0 aromatic rings. The van der Waals surface area contributed by atoms with Crippen LogP contribution in [0.15, 0.2) is 0 Å². The van der Waals surface area contributed by atoms with Gasteiger partial charge in [0.2, 0.25) is 0 Å². The number of nitrogens with zero attached hydrogens (tertiary/aromatic N) is 1. The molecule has 0 aromatic carbocycles. The molecule has 1 heterocycles. The Bertz CT molecular complexity index is 151. The summed E-state index contributed by atoms with van der Waals surface area (Å²) < 4.78 is 5.56. The molecule has 1 aliphatic heterocycles. The van der Waals surface area contributed by atoms with E-state index < -0.39 is 0 Å². The maximum absolute atomic E-state index is 5.81. The zero-order valence-corrected chi connectivity index (χ0v) is 8.34. The van der Waals surface area contributed by atoms with E-state index in [4.69, 9.17) is 10.5 Å². The van der Waals surface area contributed by atoms with E-state index in [-0.39, 0.29) is 11.6 Å². The van der Waals surface area contributed by atoms with Gasteiger partial charge in [0.25, 0.3) is 0 Å². The molecular weight excluding hydrogens is 152 g/mol. The fourth-order valence-electron chi connectivity index (χ4n) is 2.01. The highest BCUT2D eigenvalue weighted by Gasteiger charge is 2.42. The van der Waals surface area contributed by atoms with Crippen molar-refractivity contribution < 1.29 is 4.74 Å². The van der Waals surface area contributed by atoms with Crippen LogP contribution in [0.4, 0.5) is 0 Å². The molecule has 0 aliphatic carbocycles. The molecule has 0 spiro atoms. The molecule has 2 N–H and O–H groups in total. The van der Waals surface area contributed by atoms with Crippen molar-refractivity contribution in [2.45, 2.75) is 31.9 Å². The third kappa shape index (κ3) is 1.37. The quantitative estimate of drug-likeness (QED) is 0.671. The monoisotopic (exact) mass is 172 g/mol. The van der Waals surface area contributed by atoms with Gasteiger partial charge in [-0.25, -0.2) is 0 Å². The van der Waals surface area contributed by atoms with E-state index in [1.54, 1.807) is 0 Å². The van der Waals surface area contributed by atoms with Gasteiger partial charge in [-0.3, -0.25) is 4.90 Å². The summed E-state index contributed by atoms with van der Waals surface area (Å²) in [4.78, 5) is 2.31. The molecule has 2 unspecified atom stereocenters.